The van der Waals surface area contributed by atoms with Crippen LogP contribution >= 0.6 is 22.7 Å². The van der Waals surface area contributed by atoms with Crippen molar-refractivity contribution in [2.24, 2.45) is 5.73 Å². The summed E-state index contributed by atoms with van der Waals surface area (Å²) in [7, 11) is 0. The maximum atomic E-state index is 13.8. The maximum Gasteiger partial charge on any atom is 0.131 e. The fraction of sp³-hybridized carbons (Fsp3) is 0.143. The number of benzene rings is 1. The summed E-state index contributed by atoms with van der Waals surface area (Å²) in [5, 5.41) is 2.01. The van der Waals surface area contributed by atoms with E-state index in [4.69, 9.17) is 5.73 Å². The first-order valence-corrected chi connectivity index (χ1v) is 7.44. The summed E-state index contributed by atoms with van der Waals surface area (Å²) >= 11 is 3.18. The van der Waals surface area contributed by atoms with Gasteiger partial charge in [-0.25, -0.2) is 8.78 Å². The summed E-state index contributed by atoms with van der Waals surface area (Å²) < 4.78 is 29.4. The second-order valence-corrected chi connectivity index (χ2v) is 6.46. The molecule has 1 aromatic carbocycles. The average molecular weight is 295 g/mol. The Morgan fingerprint density at radius 2 is 1.89 bits per heavy atom. The molecule has 0 fully saturated rings. The van der Waals surface area contributed by atoms with Gasteiger partial charge >= 0.3 is 0 Å². The van der Waals surface area contributed by atoms with Gasteiger partial charge in [0, 0.05) is 25.9 Å². The van der Waals surface area contributed by atoms with Crippen LogP contribution in [0.5, 0.6) is 0 Å². The van der Waals surface area contributed by atoms with Crippen LogP contribution < -0.4 is 5.73 Å². The van der Waals surface area contributed by atoms with E-state index < -0.39 is 17.7 Å². The molecular formula is C14H11F2NS2. The van der Waals surface area contributed by atoms with E-state index in [1.807, 2.05) is 17.5 Å². The first-order valence-electron chi connectivity index (χ1n) is 5.74. The maximum absolute atomic E-state index is 13.8. The number of aryl methyl sites for hydroxylation is 1. The fourth-order valence-electron chi connectivity index (χ4n) is 2.01. The molecule has 2 aromatic heterocycles. The summed E-state index contributed by atoms with van der Waals surface area (Å²) in [4.78, 5) is 0.895. The first kappa shape index (κ1) is 12.7. The highest BCUT2D eigenvalue weighted by Crippen LogP contribution is 2.35. The van der Waals surface area contributed by atoms with Crippen LogP contribution in [0.15, 0.2) is 29.6 Å². The highest BCUT2D eigenvalue weighted by Gasteiger charge is 2.18. The highest BCUT2D eigenvalue weighted by atomic mass is 32.1. The lowest BCUT2D eigenvalue weighted by atomic mass is 10.0. The molecule has 2 N–H and O–H groups in total. The summed E-state index contributed by atoms with van der Waals surface area (Å²) in [6.07, 6.45) is 0. The largest absolute Gasteiger partial charge is 0.320 e. The molecule has 0 aliphatic rings. The third-order valence-electron chi connectivity index (χ3n) is 3.08. The summed E-state index contributed by atoms with van der Waals surface area (Å²) in [5.74, 6) is -1.13. The Morgan fingerprint density at radius 1 is 1.11 bits per heavy atom. The topological polar surface area (TPSA) is 26.0 Å². The molecule has 1 unspecified atom stereocenters. The number of rotatable bonds is 2. The number of halogens is 2. The van der Waals surface area contributed by atoms with Gasteiger partial charge in [-0.1, -0.05) is 0 Å². The minimum Gasteiger partial charge on any atom is -0.320 e. The molecule has 0 saturated carbocycles. The second kappa shape index (κ2) is 4.67. The van der Waals surface area contributed by atoms with Gasteiger partial charge in [0.05, 0.1) is 6.04 Å². The third kappa shape index (κ3) is 2.18. The van der Waals surface area contributed by atoms with Crippen LogP contribution in [0.25, 0.3) is 9.40 Å². The van der Waals surface area contributed by atoms with Crippen molar-refractivity contribution in [3.8, 4) is 0 Å². The lowest BCUT2D eigenvalue weighted by molar-refractivity contribution is 0.561. The SMILES string of the molecule is Cc1cc(C(N)c2cc3sccc3s2)c(F)cc1F. The van der Waals surface area contributed by atoms with Gasteiger partial charge in [0.2, 0.25) is 0 Å². The lowest BCUT2D eigenvalue weighted by Crippen LogP contribution is -2.13. The van der Waals surface area contributed by atoms with Gasteiger partial charge in [-0.15, -0.1) is 22.7 Å². The Kier molecular flexibility index (Phi) is 3.12. The molecule has 0 aliphatic carbocycles. The Morgan fingerprint density at radius 3 is 2.63 bits per heavy atom. The predicted molar refractivity (Wildman–Crippen MR) is 76.8 cm³/mol. The monoisotopic (exact) mass is 295 g/mol. The van der Waals surface area contributed by atoms with Gasteiger partial charge in [0.15, 0.2) is 0 Å². The molecule has 0 saturated heterocycles. The number of nitrogens with two attached hydrogens (primary N) is 1. The van der Waals surface area contributed by atoms with E-state index in [2.05, 4.69) is 0 Å². The zero-order chi connectivity index (χ0) is 13.6. The Labute approximate surface area is 117 Å². The molecule has 0 bridgehead atoms. The van der Waals surface area contributed by atoms with Crippen LogP contribution in [0.3, 0.4) is 0 Å². The fourth-order valence-corrected chi connectivity index (χ4v) is 4.15. The van der Waals surface area contributed by atoms with E-state index in [1.165, 1.54) is 6.07 Å². The van der Waals surface area contributed by atoms with Gasteiger partial charge < -0.3 is 5.73 Å². The van der Waals surface area contributed by atoms with Crippen molar-refractivity contribution in [1.29, 1.82) is 0 Å². The third-order valence-corrected chi connectivity index (χ3v) is 5.25. The van der Waals surface area contributed by atoms with Gasteiger partial charge in [0.1, 0.15) is 11.6 Å². The van der Waals surface area contributed by atoms with Crippen molar-refractivity contribution in [3.63, 3.8) is 0 Å². The molecule has 98 valence electrons. The van der Waals surface area contributed by atoms with E-state index in [1.54, 1.807) is 29.6 Å². The van der Waals surface area contributed by atoms with E-state index in [0.717, 1.165) is 20.3 Å². The summed E-state index contributed by atoms with van der Waals surface area (Å²) in [5.41, 5.74) is 6.86. The van der Waals surface area contributed by atoms with Gasteiger partial charge in [-0.3, -0.25) is 0 Å². The standard InChI is InChI=1S/C14H11F2NS2/c1-7-4-8(10(16)5-9(7)15)14(17)13-6-12-11(19-13)2-3-18-12/h2-6,14H,17H2,1H3. The zero-order valence-corrected chi connectivity index (χ0v) is 11.7. The Hall–Kier alpha value is -1.30. The number of fused-ring (bicyclic) bond motifs is 1. The molecule has 1 nitrogen and oxygen atoms in total. The van der Waals surface area contributed by atoms with E-state index in [-0.39, 0.29) is 0 Å². The molecule has 0 radical (unpaired) electrons. The molecular weight excluding hydrogens is 284 g/mol. The van der Waals surface area contributed by atoms with Crippen molar-refractivity contribution in [2.45, 2.75) is 13.0 Å². The normalized spacial score (nSPS) is 13.1. The number of hydrogen-bond donors (Lipinski definition) is 1. The first-order chi connectivity index (χ1) is 9.06. The van der Waals surface area contributed by atoms with Crippen LogP contribution in [0.2, 0.25) is 0 Å². The van der Waals surface area contributed by atoms with Gasteiger partial charge in [-0.05, 0) is 36.1 Å². The molecule has 19 heavy (non-hydrogen) atoms. The summed E-state index contributed by atoms with van der Waals surface area (Å²) in [6.45, 7) is 1.61. The molecule has 2 heterocycles. The lowest BCUT2D eigenvalue weighted by Gasteiger charge is -2.12. The quantitative estimate of drug-likeness (QED) is 0.735. The van der Waals surface area contributed by atoms with Crippen molar-refractivity contribution in [1.82, 2.24) is 0 Å². The van der Waals surface area contributed by atoms with Crippen molar-refractivity contribution in [3.05, 3.63) is 57.3 Å². The second-order valence-electron chi connectivity index (χ2n) is 4.40. The van der Waals surface area contributed by atoms with Crippen LogP contribution in [0.4, 0.5) is 8.78 Å². The van der Waals surface area contributed by atoms with E-state index >= 15 is 0 Å². The van der Waals surface area contributed by atoms with Crippen LogP contribution in [-0.4, -0.2) is 0 Å². The Bertz CT molecular complexity index is 717. The number of thiophene rings is 2. The molecule has 5 heteroatoms. The van der Waals surface area contributed by atoms with Gasteiger partial charge in [-0.2, -0.15) is 0 Å². The minimum atomic E-state index is -0.590. The smallest absolute Gasteiger partial charge is 0.131 e. The van der Waals surface area contributed by atoms with Crippen LogP contribution in [0, 0.1) is 18.6 Å². The molecule has 3 aromatic rings. The van der Waals surface area contributed by atoms with E-state index in [9.17, 15) is 8.78 Å². The average Bonchev–Trinajstić information content (AvgIpc) is 2.93. The molecule has 3 rings (SSSR count). The number of hydrogen-bond acceptors (Lipinski definition) is 3. The molecule has 0 aliphatic heterocycles. The Balaban J connectivity index is 2.06. The van der Waals surface area contributed by atoms with Crippen molar-refractivity contribution in [2.75, 3.05) is 0 Å². The minimum absolute atomic E-state index is 0.341. The van der Waals surface area contributed by atoms with Crippen LogP contribution in [-0.2, 0) is 0 Å². The van der Waals surface area contributed by atoms with Gasteiger partial charge in [0.25, 0.3) is 0 Å². The molecule has 0 amide bonds. The van der Waals surface area contributed by atoms with Crippen LogP contribution in [0.1, 0.15) is 22.0 Å². The summed E-state index contributed by atoms with van der Waals surface area (Å²) in [6, 6.07) is 5.84. The molecule has 1 atom stereocenters. The van der Waals surface area contributed by atoms with Crippen molar-refractivity contribution >= 4 is 32.1 Å². The highest BCUT2D eigenvalue weighted by molar-refractivity contribution is 7.27. The van der Waals surface area contributed by atoms with E-state index in [0.29, 0.717) is 11.1 Å². The zero-order valence-electron chi connectivity index (χ0n) is 10.1. The molecule has 0 spiro atoms. The van der Waals surface area contributed by atoms with Crippen molar-refractivity contribution < 1.29 is 8.78 Å². The predicted octanol–water partition coefficient (Wildman–Crippen LogP) is 4.60.